The number of hydrogen-bond donors (Lipinski definition) is 0. The summed E-state index contributed by atoms with van der Waals surface area (Å²) in [5.74, 6) is 0. The van der Waals surface area contributed by atoms with Crippen molar-refractivity contribution < 1.29 is 0 Å². The van der Waals surface area contributed by atoms with Gasteiger partial charge in [-0.2, -0.15) is 0 Å². The van der Waals surface area contributed by atoms with E-state index in [-0.39, 0.29) is 5.04 Å². The molecule has 10 heavy (non-hydrogen) atoms. The summed E-state index contributed by atoms with van der Waals surface area (Å²) in [5, 5.41) is 0.0671. The Balaban J connectivity index is 2.67. The third kappa shape index (κ3) is 1.63. The van der Waals surface area contributed by atoms with Crippen LogP contribution in [0.15, 0.2) is 0 Å². The van der Waals surface area contributed by atoms with Crippen LogP contribution in [-0.2, 0) is 0 Å². The molecule has 0 spiro atoms. The molecule has 0 unspecified atom stereocenters. The van der Waals surface area contributed by atoms with E-state index in [1.165, 1.54) is 12.8 Å². The lowest BCUT2D eigenvalue weighted by Crippen LogP contribution is -2.27. The maximum Gasteiger partial charge on any atom is 0.346 e. The topological polar surface area (TPSA) is 0 Å². The van der Waals surface area contributed by atoms with E-state index in [9.17, 15) is 0 Å². The molecule has 0 aromatic carbocycles. The molecule has 1 saturated carbocycles. The molecule has 1 aliphatic rings. The molecule has 0 aromatic rings. The fourth-order valence-corrected chi connectivity index (χ4v) is 4.06. The fraction of sp³-hybridized carbons (Fsp3) is 1.00. The summed E-state index contributed by atoms with van der Waals surface area (Å²) < 4.78 is 0. The normalized spacial score (nSPS) is 25.2. The first-order valence-electron chi connectivity index (χ1n) is 3.52. The standard InChI is InChI=1S/C6H11Cl3Si/c1-6(10(7,8)9)4-2-3-5-6/h2-5H2,1H3. The molecule has 1 fully saturated rings. The monoisotopic (exact) mass is 216 g/mol. The van der Waals surface area contributed by atoms with Gasteiger partial charge in [0.05, 0.1) is 0 Å². The van der Waals surface area contributed by atoms with Crippen molar-refractivity contribution in [2.75, 3.05) is 0 Å². The molecule has 4 heteroatoms. The molecule has 0 amide bonds. The lowest BCUT2D eigenvalue weighted by molar-refractivity contribution is 0.630. The van der Waals surface area contributed by atoms with Crippen molar-refractivity contribution >= 4 is 39.2 Å². The van der Waals surface area contributed by atoms with Crippen molar-refractivity contribution in [2.24, 2.45) is 0 Å². The minimum atomic E-state index is -2.43. The first-order valence-corrected chi connectivity index (χ1v) is 8.56. The van der Waals surface area contributed by atoms with Crippen LogP contribution in [0.5, 0.6) is 0 Å². The van der Waals surface area contributed by atoms with Crippen molar-refractivity contribution in [3.8, 4) is 0 Å². The summed E-state index contributed by atoms with van der Waals surface area (Å²) in [7, 11) is 0. The molecule has 0 radical (unpaired) electrons. The van der Waals surface area contributed by atoms with Crippen molar-refractivity contribution in [2.45, 2.75) is 37.6 Å². The van der Waals surface area contributed by atoms with Gasteiger partial charge in [-0.15, -0.1) is 33.2 Å². The van der Waals surface area contributed by atoms with Crippen molar-refractivity contribution in [3.05, 3.63) is 0 Å². The van der Waals surface area contributed by atoms with E-state index < -0.39 is 6.00 Å². The highest BCUT2D eigenvalue weighted by molar-refractivity contribution is 7.65. The molecule has 0 atom stereocenters. The summed E-state index contributed by atoms with van der Waals surface area (Å²) >= 11 is 17.9. The van der Waals surface area contributed by atoms with Gasteiger partial charge in [0.25, 0.3) is 0 Å². The van der Waals surface area contributed by atoms with Crippen LogP contribution in [0.1, 0.15) is 32.6 Å². The largest absolute Gasteiger partial charge is 0.346 e. The lowest BCUT2D eigenvalue weighted by atomic mass is 10.1. The maximum absolute atomic E-state index is 5.95. The fourth-order valence-electron chi connectivity index (χ4n) is 1.44. The van der Waals surface area contributed by atoms with Crippen LogP contribution >= 0.6 is 33.2 Å². The highest BCUT2D eigenvalue weighted by Gasteiger charge is 2.49. The molecule has 0 saturated heterocycles. The Morgan fingerprint density at radius 1 is 1.10 bits per heavy atom. The number of hydrogen-bond acceptors (Lipinski definition) is 0. The van der Waals surface area contributed by atoms with Gasteiger partial charge in [-0.05, 0) is 12.8 Å². The SMILES string of the molecule is CC1([Si](Cl)(Cl)Cl)CCCC1. The highest BCUT2D eigenvalue weighted by atomic mass is 35.8. The zero-order valence-electron chi connectivity index (χ0n) is 5.96. The van der Waals surface area contributed by atoms with Gasteiger partial charge in [-0.3, -0.25) is 0 Å². The van der Waals surface area contributed by atoms with Crippen LogP contribution in [-0.4, -0.2) is 6.00 Å². The molecular weight excluding hydrogens is 207 g/mol. The van der Waals surface area contributed by atoms with Crippen molar-refractivity contribution in [1.29, 1.82) is 0 Å². The van der Waals surface area contributed by atoms with Crippen LogP contribution in [0, 0.1) is 0 Å². The van der Waals surface area contributed by atoms with Gasteiger partial charge < -0.3 is 0 Å². The van der Waals surface area contributed by atoms with Crippen LogP contribution in [0.25, 0.3) is 0 Å². The van der Waals surface area contributed by atoms with E-state index >= 15 is 0 Å². The molecule has 0 nitrogen and oxygen atoms in total. The molecule has 0 heterocycles. The minimum Gasteiger partial charge on any atom is -0.125 e. The van der Waals surface area contributed by atoms with E-state index in [2.05, 4.69) is 6.92 Å². The molecular formula is C6H11Cl3Si. The molecule has 0 N–H and O–H groups in total. The predicted molar refractivity (Wildman–Crippen MR) is 50.1 cm³/mol. The lowest BCUT2D eigenvalue weighted by Gasteiger charge is -2.28. The van der Waals surface area contributed by atoms with Gasteiger partial charge >= 0.3 is 6.00 Å². The van der Waals surface area contributed by atoms with E-state index in [1.807, 2.05) is 0 Å². The smallest absolute Gasteiger partial charge is 0.125 e. The quantitative estimate of drug-likeness (QED) is 0.460. The second-order valence-electron chi connectivity index (χ2n) is 3.27. The first kappa shape index (κ1) is 9.18. The molecule has 0 aromatic heterocycles. The average molecular weight is 218 g/mol. The van der Waals surface area contributed by atoms with Gasteiger partial charge in [-0.25, -0.2) is 0 Å². The van der Waals surface area contributed by atoms with Crippen molar-refractivity contribution in [3.63, 3.8) is 0 Å². The summed E-state index contributed by atoms with van der Waals surface area (Å²) in [5.41, 5.74) is 0. The van der Waals surface area contributed by atoms with E-state index in [0.29, 0.717) is 0 Å². The number of rotatable bonds is 1. The Hall–Kier alpha value is 1.09. The van der Waals surface area contributed by atoms with Crippen LogP contribution < -0.4 is 0 Å². The van der Waals surface area contributed by atoms with Crippen LogP contribution in [0.4, 0.5) is 0 Å². The Kier molecular flexibility index (Phi) is 2.62. The Morgan fingerprint density at radius 3 is 1.70 bits per heavy atom. The predicted octanol–water partition coefficient (Wildman–Crippen LogP) is 3.98. The zero-order chi connectivity index (χ0) is 7.83. The minimum absolute atomic E-state index is 0.0671. The van der Waals surface area contributed by atoms with Crippen LogP contribution in [0.2, 0.25) is 5.04 Å². The summed E-state index contributed by atoms with van der Waals surface area (Å²) in [6.45, 7) is 2.11. The molecule has 60 valence electrons. The second-order valence-corrected chi connectivity index (χ2v) is 12.3. The van der Waals surface area contributed by atoms with Gasteiger partial charge in [0.2, 0.25) is 0 Å². The molecule has 0 aliphatic heterocycles. The van der Waals surface area contributed by atoms with E-state index in [1.54, 1.807) is 0 Å². The van der Waals surface area contributed by atoms with E-state index in [4.69, 9.17) is 33.2 Å². The maximum atomic E-state index is 5.95. The highest BCUT2D eigenvalue weighted by Crippen LogP contribution is 2.56. The van der Waals surface area contributed by atoms with Gasteiger partial charge in [0.1, 0.15) is 0 Å². The third-order valence-electron chi connectivity index (χ3n) is 2.39. The summed E-state index contributed by atoms with van der Waals surface area (Å²) in [6.07, 6.45) is 4.68. The Bertz CT molecular complexity index is 123. The molecule has 0 bridgehead atoms. The van der Waals surface area contributed by atoms with Gasteiger partial charge in [0, 0.05) is 5.04 Å². The Morgan fingerprint density at radius 2 is 1.50 bits per heavy atom. The zero-order valence-corrected chi connectivity index (χ0v) is 9.23. The molecule has 1 rings (SSSR count). The van der Waals surface area contributed by atoms with E-state index in [0.717, 1.165) is 12.8 Å². The number of halogens is 3. The summed E-state index contributed by atoms with van der Waals surface area (Å²) in [6, 6.07) is -2.43. The first-order chi connectivity index (χ1) is 4.46. The summed E-state index contributed by atoms with van der Waals surface area (Å²) in [4.78, 5) is 0. The second kappa shape index (κ2) is 2.85. The van der Waals surface area contributed by atoms with Gasteiger partial charge in [0.15, 0.2) is 0 Å². The van der Waals surface area contributed by atoms with Crippen LogP contribution in [0.3, 0.4) is 0 Å². The third-order valence-corrected chi connectivity index (χ3v) is 8.37. The average Bonchev–Trinajstić information content (AvgIpc) is 2.13. The van der Waals surface area contributed by atoms with Gasteiger partial charge in [-0.1, -0.05) is 19.8 Å². The molecule has 1 aliphatic carbocycles. The van der Waals surface area contributed by atoms with Crippen molar-refractivity contribution in [1.82, 2.24) is 0 Å². The Labute approximate surface area is 77.0 Å².